The van der Waals surface area contributed by atoms with Crippen LogP contribution in [0.1, 0.15) is 34.3 Å². The Morgan fingerprint density at radius 3 is 2.21 bits per heavy atom. The van der Waals surface area contributed by atoms with Crippen LogP contribution in [0.5, 0.6) is 0 Å². The zero-order valence-corrected chi connectivity index (χ0v) is 19.1. The van der Waals surface area contributed by atoms with E-state index in [4.69, 9.17) is 0 Å². The molecule has 0 aliphatic carbocycles. The number of rotatable bonds is 3. The molecular formula is C24H21BrF4N2O2. The first-order valence-electron chi connectivity index (χ1n) is 10.4. The van der Waals surface area contributed by atoms with Gasteiger partial charge in [-0.25, -0.2) is 4.39 Å². The van der Waals surface area contributed by atoms with Crippen LogP contribution in [0.2, 0.25) is 0 Å². The Bertz CT molecular complexity index is 1080. The molecule has 0 bridgehead atoms. The molecule has 2 aromatic rings. The lowest BCUT2D eigenvalue weighted by atomic mass is 9.72. The molecule has 2 aromatic carbocycles. The number of nitrogens with zero attached hydrogens (tertiary/aromatic N) is 2. The van der Waals surface area contributed by atoms with E-state index in [-0.39, 0.29) is 16.9 Å². The summed E-state index contributed by atoms with van der Waals surface area (Å²) in [5.74, 6) is -2.02. The van der Waals surface area contributed by atoms with E-state index in [9.17, 15) is 27.2 Å². The van der Waals surface area contributed by atoms with Gasteiger partial charge in [-0.1, -0.05) is 28.1 Å². The molecule has 9 heteroatoms. The molecule has 33 heavy (non-hydrogen) atoms. The average molecular weight is 525 g/mol. The molecule has 0 N–H and O–H groups in total. The van der Waals surface area contributed by atoms with Gasteiger partial charge < -0.3 is 9.80 Å². The molecule has 2 amide bonds. The van der Waals surface area contributed by atoms with Gasteiger partial charge in [0, 0.05) is 47.7 Å². The number of halogens is 5. The van der Waals surface area contributed by atoms with Crippen LogP contribution < -0.4 is 0 Å². The van der Waals surface area contributed by atoms with Gasteiger partial charge in [0.1, 0.15) is 5.82 Å². The minimum atomic E-state index is -4.86. The Morgan fingerprint density at radius 1 is 0.970 bits per heavy atom. The second-order valence-corrected chi connectivity index (χ2v) is 9.48. The van der Waals surface area contributed by atoms with E-state index < -0.39 is 23.5 Å². The Morgan fingerprint density at radius 2 is 1.61 bits per heavy atom. The van der Waals surface area contributed by atoms with Crippen molar-refractivity contribution in [1.82, 2.24) is 9.80 Å². The number of hydrogen-bond donors (Lipinski definition) is 0. The largest absolute Gasteiger partial charge is 0.419 e. The van der Waals surface area contributed by atoms with Gasteiger partial charge in [0.2, 0.25) is 5.91 Å². The summed E-state index contributed by atoms with van der Waals surface area (Å²) in [6.45, 7) is 1.95. The number of likely N-dealkylation sites (tertiary alicyclic amines) is 2. The quantitative estimate of drug-likeness (QED) is 0.399. The van der Waals surface area contributed by atoms with Crippen LogP contribution in [-0.4, -0.2) is 47.8 Å². The van der Waals surface area contributed by atoms with Gasteiger partial charge in [0.25, 0.3) is 5.91 Å². The maximum Gasteiger partial charge on any atom is 0.419 e. The molecule has 2 aliphatic heterocycles. The second kappa shape index (κ2) is 8.93. The predicted octanol–water partition coefficient (Wildman–Crippen LogP) is 5.39. The summed E-state index contributed by atoms with van der Waals surface area (Å²) in [5.41, 5.74) is -0.768. The summed E-state index contributed by atoms with van der Waals surface area (Å²) >= 11 is 3.37. The number of carbonyl (C=O) groups is 2. The molecule has 2 aliphatic rings. The third-order valence-corrected chi connectivity index (χ3v) is 6.81. The van der Waals surface area contributed by atoms with Gasteiger partial charge in [-0.3, -0.25) is 9.59 Å². The molecule has 2 fully saturated rings. The fourth-order valence-electron chi connectivity index (χ4n) is 4.32. The number of benzene rings is 2. The summed E-state index contributed by atoms with van der Waals surface area (Å²) < 4.78 is 53.3. The highest BCUT2D eigenvalue weighted by molar-refractivity contribution is 9.10. The molecule has 174 valence electrons. The molecule has 0 atom stereocenters. The lowest BCUT2D eigenvalue weighted by Gasteiger charge is -2.53. The van der Waals surface area contributed by atoms with Crippen molar-refractivity contribution >= 4 is 33.8 Å². The first-order valence-corrected chi connectivity index (χ1v) is 11.2. The van der Waals surface area contributed by atoms with Crippen LogP contribution >= 0.6 is 15.9 Å². The predicted molar refractivity (Wildman–Crippen MR) is 119 cm³/mol. The maximum atomic E-state index is 13.5. The minimum Gasteiger partial charge on any atom is -0.339 e. The second-order valence-electron chi connectivity index (χ2n) is 8.56. The van der Waals surface area contributed by atoms with E-state index in [2.05, 4.69) is 15.9 Å². The van der Waals surface area contributed by atoms with Crippen LogP contribution in [0.4, 0.5) is 17.6 Å². The number of alkyl halides is 3. The summed E-state index contributed by atoms with van der Waals surface area (Å²) in [6, 6.07) is 9.93. The van der Waals surface area contributed by atoms with Crippen LogP contribution in [0.15, 0.2) is 53.0 Å². The van der Waals surface area contributed by atoms with Crippen LogP contribution in [0.25, 0.3) is 6.08 Å². The highest BCUT2D eigenvalue weighted by Gasteiger charge is 2.47. The third-order valence-electron chi connectivity index (χ3n) is 6.28. The summed E-state index contributed by atoms with van der Waals surface area (Å²) in [6.07, 6.45) is -0.237. The first kappa shape index (κ1) is 23.5. The van der Waals surface area contributed by atoms with E-state index in [0.29, 0.717) is 51.2 Å². The van der Waals surface area contributed by atoms with Crippen molar-refractivity contribution < 1.29 is 27.2 Å². The summed E-state index contributed by atoms with van der Waals surface area (Å²) in [7, 11) is 0. The van der Waals surface area contributed by atoms with Crippen molar-refractivity contribution in [2.45, 2.75) is 19.0 Å². The Balaban J connectivity index is 1.31. The van der Waals surface area contributed by atoms with Crippen molar-refractivity contribution in [2.75, 3.05) is 26.2 Å². The molecule has 4 rings (SSSR count). The topological polar surface area (TPSA) is 40.6 Å². The number of hydrogen-bond acceptors (Lipinski definition) is 2. The van der Waals surface area contributed by atoms with E-state index >= 15 is 0 Å². The standard InChI is InChI=1S/C24H21BrF4N2O2/c25-18-5-1-16(2-6-18)3-8-21(32)31-14-23(15-31)9-11-30(12-10-23)22(33)17-4-7-20(26)19(13-17)24(27,28)29/h1-8,13H,9-12,14-15H2/b8-3+. The fourth-order valence-corrected chi connectivity index (χ4v) is 4.59. The van der Waals surface area contributed by atoms with Crippen molar-refractivity contribution in [1.29, 1.82) is 0 Å². The van der Waals surface area contributed by atoms with Gasteiger partial charge in [0.05, 0.1) is 5.56 Å². The van der Waals surface area contributed by atoms with Crippen molar-refractivity contribution in [3.63, 3.8) is 0 Å². The Kier molecular flexibility index (Phi) is 6.35. The first-order chi connectivity index (χ1) is 15.6. The normalized spacial score (nSPS) is 18.0. The third kappa shape index (κ3) is 5.13. The molecule has 0 radical (unpaired) electrons. The van der Waals surface area contributed by atoms with Crippen molar-refractivity contribution in [3.05, 3.63) is 75.5 Å². The van der Waals surface area contributed by atoms with Crippen LogP contribution in [-0.2, 0) is 11.0 Å². The molecular weight excluding hydrogens is 504 g/mol. The molecule has 0 aromatic heterocycles. The minimum absolute atomic E-state index is 0.0716. The van der Waals surface area contributed by atoms with Gasteiger partial charge in [-0.15, -0.1) is 0 Å². The summed E-state index contributed by atoms with van der Waals surface area (Å²) in [5, 5.41) is 0. The Labute approximate surface area is 197 Å². The SMILES string of the molecule is O=C(/C=C/c1ccc(Br)cc1)N1CC2(CCN(C(=O)c3ccc(F)c(C(F)(F)F)c3)CC2)C1. The summed E-state index contributed by atoms with van der Waals surface area (Å²) in [4.78, 5) is 28.4. The van der Waals surface area contributed by atoms with Gasteiger partial charge >= 0.3 is 6.18 Å². The number of piperidine rings is 1. The number of amides is 2. The van der Waals surface area contributed by atoms with E-state index in [1.807, 2.05) is 24.3 Å². The van der Waals surface area contributed by atoms with Gasteiger partial charge in [-0.2, -0.15) is 13.2 Å². The van der Waals surface area contributed by atoms with Crippen LogP contribution in [0, 0.1) is 11.2 Å². The zero-order valence-electron chi connectivity index (χ0n) is 17.5. The highest BCUT2D eigenvalue weighted by Crippen LogP contribution is 2.41. The fraction of sp³-hybridized carbons (Fsp3) is 0.333. The van der Waals surface area contributed by atoms with E-state index in [1.54, 1.807) is 17.1 Å². The molecule has 1 spiro atoms. The zero-order chi connectivity index (χ0) is 23.8. The highest BCUT2D eigenvalue weighted by atomic mass is 79.9. The van der Waals surface area contributed by atoms with Gasteiger partial charge in [0.15, 0.2) is 0 Å². The molecule has 0 saturated carbocycles. The monoisotopic (exact) mass is 524 g/mol. The average Bonchev–Trinajstić information content (AvgIpc) is 2.76. The van der Waals surface area contributed by atoms with Crippen molar-refractivity contribution in [3.8, 4) is 0 Å². The maximum absolute atomic E-state index is 13.5. The van der Waals surface area contributed by atoms with Crippen LogP contribution in [0.3, 0.4) is 0 Å². The van der Waals surface area contributed by atoms with Crippen molar-refractivity contribution in [2.24, 2.45) is 5.41 Å². The molecule has 2 heterocycles. The van der Waals surface area contributed by atoms with Gasteiger partial charge in [-0.05, 0) is 54.8 Å². The molecule has 0 unspecified atom stereocenters. The molecule has 4 nitrogen and oxygen atoms in total. The molecule has 2 saturated heterocycles. The Hall–Kier alpha value is -2.68. The van der Waals surface area contributed by atoms with E-state index in [1.165, 1.54) is 4.90 Å². The van der Waals surface area contributed by atoms with E-state index in [0.717, 1.165) is 16.1 Å². The number of carbonyl (C=O) groups excluding carboxylic acids is 2. The lowest BCUT2D eigenvalue weighted by molar-refractivity contribution is -0.141. The lowest BCUT2D eigenvalue weighted by Crippen LogP contribution is -2.62. The smallest absolute Gasteiger partial charge is 0.339 e.